The first-order valence-electron chi connectivity index (χ1n) is 13.3. The molecule has 1 aromatic heterocycles. The molecule has 0 spiro atoms. The lowest BCUT2D eigenvalue weighted by molar-refractivity contribution is 0.0708. The average Bonchev–Trinajstić information content (AvgIpc) is 3.21. The van der Waals surface area contributed by atoms with E-state index in [0.29, 0.717) is 42.0 Å². The SMILES string of the molecule is CCN(CC)CCN1C(=O)c2oc3cc(C)c(C)cc3c(=O)c2C1c1cccc(OCc2ccccc2)c1. The Morgan fingerprint density at radius 2 is 1.66 bits per heavy atom. The Morgan fingerprint density at radius 1 is 0.921 bits per heavy atom. The molecule has 1 unspecified atom stereocenters. The number of likely N-dealkylation sites (N-methyl/N-ethyl adjacent to an activating group) is 1. The van der Waals surface area contributed by atoms with Crippen LogP contribution >= 0.6 is 0 Å². The van der Waals surface area contributed by atoms with E-state index in [2.05, 4.69) is 18.7 Å². The average molecular weight is 511 g/mol. The minimum atomic E-state index is -0.546. The zero-order chi connectivity index (χ0) is 26.8. The van der Waals surface area contributed by atoms with E-state index in [-0.39, 0.29) is 17.1 Å². The molecule has 0 N–H and O–H groups in total. The second-order valence-corrected chi connectivity index (χ2v) is 9.88. The highest BCUT2D eigenvalue weighted by atomic mass is 16.5. The van der Waals surface area contributed by atoms with Crippen molar-refractivity contribution in [3.8, 4) is 5.75 Å². The first-order valence-corrected chi connectivity index (χ1v) is 13.3. The molecule has 0 saturated carbocycles. The topological polar surface area (TPSA) is 63.0 Å². The minimum Gasteiger partial charge on any atom is -0.489 e. The summed E-state index contributed by atoms with van der Waals surface area (Å²) in [7, 11) is 0. The van der Waals surface area contributed by atoms with E-state index in [1.807, 2.05) is 80.6 Å². The number of amides is 1. The molecule has 4 aromatic rings. The van der Waals surface area contributed by atoms with Crippen molar-refractivity contribution in [2.24, 2.45) is 0 Å². The molecule has 0 fully saturated rings. The number of carbonyl (C=O) groups is 1. The monoisotopic (exact) mass is 510 g/mol. The second kappa shape index (κ2) is 10.8. The van der Waals surface area contributed by atoms with E-state index >= 15 is 0 Å². The van der Waals surface area contributed by atoms with Gasteiger partial charge in [-0.2, -0.15) is 0 Å². The Bertz CT molecular complexity index is 1520. The van der Waals surface area contributed by atoms with Crippen LogP contribution in [0.1, 0.15) is 58.3 Å². The van der Waals surface area contributed by atoms with E-state index in [1.165, 1.54) is 0 Å². The number of benzene rings is 3. The number of fused-ring (bicyclic) bond motifs is 2. The Morgan fingerprint density at radius 3 is 2.39 bits per heavy atom. The summed E-state index contributed by atoms with van der Waals surface area (Å²) in [4.78, 5) is 31.7. The summed E-state index contributed by atoms with van der Waals surface area (Å²) >= 11 is 0. The third-order valence-corrected chi connectivity index (χ3v) is 7.56. The molecule has 0 aliphatic carbocycles. The summed E-state index contributed by atoms with van der Waals surface area (Å²) in [6.07, 6.45) is 0. The molecular weight excluding hydrogens is 476 g/mol. The molecule has 5 rings (SSSR count). The van der Waals surface area contributed by atoms with Gasteiger partial charge in [0.2, 0.25) is 5.76 Å². The van der Waals surface area contributed by atoms with Crippen LogP contribution in [0.5, 0.6) is 5.75 Å². The first-order chi connectivity index (χ1) is 18.4. The largest absolute Gasteiger partial charge is 0.489 e. The van der Waals surface area contributed by atoms with Crippen molar-refractivity contribution in [2.75, 3.05) is 26.2 Å². The molecule has 0 bridgehead atoms. The van der Waals surface area contributed by atoms with Gasteiger partial charge in [-0.05, 0) is 73.5 Å². The molecule has 1 atom stereocenters. The van der Waals surface area contributed by atoms with Crippen LogP contribution in [0.15, 0.2) is 75.9 Å². The highest BCUT2D eigenvalue weighted by Gasteiger charge is 2.42. The Hall–Kier alpha value is -3.90. The number of rotatable bonds is 9. The summed E-state index contributed by atoms with van der Waals surface area (Å²) in [6, 6.07) is 20.9. The van der Waals surface area contributed by atoms with Crippen LogP contribution in [0.2, 0.25) is 0 Å². The van der Waals surface area contributed by atoms with Crippen molar-refractivity contribution in [1.29, 1.82) is 0 Å². The molecule has 1 amide bonds. The zero-order valence-electron chi connectivity index (χ0n) is 22.5. The van der Waals surface area contributed by atoms with Gasteiger partial charge in [-0.15, -0.1) is 0 Å². The molecule has 1 aliphatic rings. The van der Waals surface area contributed by atoms with Gasteiger partial charge in [0, 0.05) is 13.1 Å². The highest BCUT2D eigenvalue weighted by Crippen LogP contribution is 2.39. The lowest BCUT2D eigenvalue weighted by atomic mass is 9.97. The van der Waals surface area contributed by atoms with E-state index in [0.717, 1.165) is 35.3 Å². The Balaban J connectivity index is 1.58. The van der Waals surface area contributed by atoms with Crippen molar-refractivity contribution in [3.05, 3.63) is 111 Å². The van der Waals surface area contributed by atoms with Gasteiger partial charge >= 0.3 is 0 Å². The van der Waals surface area contributed by atoms with E-state index in [1.54, 1.807) is 4.90 Å². The fourth-order valence-corrected chi connectivity index (χ4v) is 5.16. The van der Waals surface area contributed by atoms with Crippen molar-refractivity contribution < 1.29 is 13.9 Å². The van der Waals surface area contributed by atoms with Crippen LogP contribution < -0.4 is 10.2 Å². The molecule has 6 heteroatoms. The van der Waals surface area contributed by atoms with Gasteiger partial charge in [-0.3, -0.25) is 9.59 Å². The lowest BCUT2D eigenvalue weighted by Gasteiger charge is -2.28. The predicted octanol–water partition coefficient (Wildman–Crippen LogP) is 5.88. The molecule has 1 aliphatic heterocycles. The standard InChI is InChI=1S/C32H34N2O4/c1-5-33(6-2)15-16-34-29(24-13-10-14-25(19-24)37-20-23-11-8-7-9-12-23)28-30(35)26-17-21(3)22(4)18-27(26)38-31(28)32(34)36/h7-14,17-19,29H,5-6,15-16,20H2,1-4H3. The van der Waals surface area contributed by atoms with Crippen molar-refractivity contribution >= 4 is 16.9 Å². The third-order valence-electron chi connectivity index (χ3n) is 7.56. The van der Waals surface area contributed by atoms with E-state index < -0.39 is 6.04 Å². The molecule has 0 saturated heterocycles. The van der Waals surface area contributed by atoms with Gasteiger partial charge in [0.1, 0.15) is 17.9 Å². The normalized spacial score (nSPS) is 14.9. The third kappa shape index (κ3) is 4.84. The van der Waals surface area contributed by atoms with Gasteiger partial charge < -0.3 is 19.0 Å². The number of hydrogen-bond acceptors (Lipinski definition) is 5. The fraction of sp³-hybridized carbons (Fsp3) is 0.312. The van der Waals surface area contributed by atoms with Gasteiger partial charge in [0.25, 0.3) is 5.91 Å². The predicted molar refractivity (Wildman–Crippen MR) is 150 cm³/mol. The summed E-state index contributed by atoms with van der Waals surface area (Å²) < 4.78 is 12.3. The van der Waals surface area contributed by atoms with Gasteiger partial charge in [-0.25, -0.2) is 0 Å². The van der Waals surface area contributed by atoms with Gasteiger partial charge in [0.15, 0.2) is 5.43 Å². The summed E-state index contributed by atoms with van der Waals surface area (Å²) in [5.74, 6) is 0.587. The molecule has 6 nitrogen and oxygen atoms in total. The second-order valence-electron chi connectivity index (χ2n) is 9.88. The number of ether oxygens (including phenoxy) is 1. The number of hydrogen-bond donors (Lipinski definition) is 0. The lowest BCUT2D eigenvalue weighted by Crippen LogP contribution is -2.37. The Labute approximate surface area is 223 Å². The van der Waals surface area contributed by atoms with Crippen LogP contribution in [0.25, 0.3) is 11.0 Å². The van der Waals surface area contributed by atoms with E-state index in [9.17, 15) is 9.59 Å². The van der Waals surface area contributed by atoms with Crippen LogP contribution in [-0.4, -0.2) is 41.9 Å². The van der Waals surface area contributed by atoms with Crippen LogP contribution in [0.4, 0.5) is 0 Å². The van der Waals surface area contributed by atoms with Crippen molar-refractivity contribution in [1.82, 2.24) is 9.80 Å². The zero-order valence-corrected chi connectivity index (χ0v) is 22.5. The maximum atomic E-state index is 13.9. The summed E-state index contributed by atoms with van der Waals surface area (Å²) in [6.45, 7) is 11.6. The number of aryl methyl sites for hydroxylation is 2. The number of carbonyl (C=O) groups excluding carboxylic acids is 1. The van der Waals surface area contributed by atoms with Crippen LogP contribution in [-0.2, 0) is 6.61 Å². The minimum absolute atomic E-state index is 0.144. The van der Waals surface area contributed by atoms with Gasteiger partial charge in [0.05, 0.1) is 17.0 Å². The van der Waals surface area contributed by atoms with E-state index in [4.69, 9.17) is 9.15 Å². The molecule has 0 radical (unpaired) electrons. The maximum Gasteiger partial charge on any atom is 0.290 e. The van der Waals surface area contributed by atoms with Crippen molar-refractivity contribution in [2.45, 2.75) is 40.3 Å². The highest BCUT2D eigenvalue weighted by molar-refractivity contribution is 5.99. The fourth-order valence-electron chi connectivity index (χ4n) is 5.16. The molecule has 3 aromatic carbocycles. The smallest absolute Gasteiger partial charge is 0.290 e. The van der Waals surface area contributed by atoms with Crippen LogP contribution in [0.3, 0.4) is 0 Å². The molecule has 196 valence electrons. The number of nitrogens with zero attached hydrogens (tertiary/aromatic N) is 2. The van der Waals surface area contributed by atoms with Gasteiger partial charge in [-0.1, -0.05) is 56.3 Å². The molecular formula is C32H34N2O4. The summed E-state index contributed by atoms with van der Waals surface area (Å²) in [5, 5.41) is 0.506. The Kier molecular flexibility index (Phi) is 7.34. The quantitative estimate of drug-likeness (QED) is 0.282. The van der Waals surface area contributed by atoms with Crippen LogP contribution in [0, 0.1) is 13.8 Å². The maximum absolute atomic E-state index is 13.9. The first kappa shape index (κ1) is 25.7. The summed E-state index contributed by atoms with van der Waals surface area (Å²) in [5.41, 5.74) is 4.64. The van der Waals surface area contributed by atoms with Crippen molar-refractivity contribution in [3.63, 3.8) is 0 Å². The molecule has 2 heterocycles. The molecule has 38 heavy (non-hydrogen) atoms.